The first kappa shape index (κ1) is 12.6. The van der Waals surface area contributed by atoms with Gasteiger partial charge in [-0.3, -0.25) is 4.79 Å². The van der Waals surface area contributed by atoms with Gasteiger partial charge in [-0.2, -0.15) is 5.26 Å². The van der Waals surface area contributed by atoms with Gasteiger partial charge in [0.15, 0.2) is 6.10 Å². The number of amides is 1. The zero-order valence-electron chi connectivity index (χ0n) is 10.1. The molecule has 4 nitrogen and oxygen atoms in total. The van der Waals surface area contributed by atoms with Crippen molar-refractivity contribution in [1.82, 2.24) is 4.90 Å². The Labute approximate surface area is 106 Å². The Balaban J connectivity index is 2.05. The van der Waals surface area contributed by atoms with E-state index in [1.165, 1.54) is 0 Å². The van der Waals surface area contributed by atoms with E-state index in [9.17, 15) is 9.90 Å². The number of piperidine rings is 1. The van der Waals surface area contributed by atoms with Crippen LogP contribution in [0.25, 0.3) is 0 Å². The number of carbonyl (C=O) groups is 1. The van der Waals surface area contributed by atoms with Gasteiger partial charge in [-0.25, -0.2) is 0 Å². The summed E-state index contributed by atoms with van der Waals surface area (Å²) in [5.41, 5.74) is 0.599. The molecule has 1 heterocycles. The monoisotopic (exact) mass is 244 g/mol. The second-order valence-electron chi connectivity index (χ2n) is 4.57. The molecule has 0 radical (unpaired) electrons. The van der Waals surface area contributed by atoms with Crippen LogP contribution in [0, 0.1) is 17.2 Å². The largest absolute Gasteiger partial charge is 0.378 e. The second kappa shape index (κ2) is 5.65. The summed E-state index contributed by atoms with van der Waals surface area (Å²) in [6.45, 7) is 1.06. The summed E-state index contributed by atoms with van der Waals surface area (Å²) < 4.78 is 0. The summed E-state index contributed by atoms with van der Waals surface area (Å²) >= 11 is 0. The fourth-order valence-corrected chi connectivity index (χ4v) is 2.23. The van der Waals surface area contributed by atoms with Gasteiger partial charge in [-0.15, -0.1) is 0 Å². The lowest BCUT2D eigenvalue weighted by molar-refractivity contribution is -0.142. The first-order valence-corrected chi connectivity index (χ1v) is 6.14. The molecular formula is C14H16N2O2. The smallest absolute Gasteiger partial charge is 0.256 e. The Kier molecular flexibility index (Phi) is 3.96. The Morgan fingerprint density at radius 3 is 2.83 bits per heavy atom. The van der Waals surface area contributed by atoms with E-state index < -0.39 is 6.10 Å². The van der Waals surface area contributed by atoms with E-state index in [1.54, 1.807) is 29.2 Å². The number of aliphatic hydroxyl groups excluding tert-OH is 1. The molecule has 1 aliphatic heterocycles. The van der Waals surface area contributed by atoms with Crippen LogP contribution in [-0.2, 0) is 4.79 Å². The Morgan fingerprint density at radius 2 is 2.17 bits per heavy atom. The normalized spacial score (nSPS) is 21.1. The van der Waals surface area contributed by atoms with E-state index in [-0.39, 0.29) is 11.8 Å². The molecule has 2 atom stereocenters. The predicted octanol–water partition coefficient (Wildman–Crippen LogP) is 1.48. The van der Waals surface area contributed by atoms with E-state index in [0.29, 0.717) is 18.7 Å². The van der Waals surface area contributed by atoms with Crippen molar-refractivity contribution in [2.75, 3.05) is 13.1 Å². The van der Waals surface area contributed by atoms with Crippen LogP contribution >= 0.6 is 0 Å². The van der Waals surface area contributed by atoms with Gasteiger partial charge >= 0.3 is 0 Å². The van der Waals surface area contributed by atoms with Crippen LogP contribution in [0.1, 0.15) is 24.5 Å². The lowest BCUT2D eigenvalue weighted by Crippen LogP contribution is -2.42. The van der Waals surface area contributed by atoms with Crippen LogP contribution in [-0.4, -0.2) is 29.0 Å². The van der Waals surface area contributed by atoms with Gasteiger partial charge in [0, 0.05) is 13.1 Å². The third-order valence-corrected chi connectivity index (χ3v) is 3.26. The molecule has 94 valence electrons. The molecule has 1 N–H and O–H groups in total. The molecule has 1 aromatic carbocycles. The molecule has 1 fully saturated rings. The lowest BCUT2D eigenvalue weighted by Gasteiger charge is -2.31. The SMILES string of the molecule is N#CC1CCCN(C(=O)C(O)c2ccccc2)C1. The molecule has 1 aliphatic rings. The summed E-state index contributed by atoms with van der Waals surface area (Å²) in [7, 11) is 0. The molecule has 0 bridgehead atoms. The van der Waals surface area contributed by atoms with Crippen molar-refractivity contribution in [1.29, 1.82) is 5.26 Å². The van der Waals surface area contributed by atoms with Crippen molar-refractivity contribution in [3.63, 3.8) is 0 Å². The predicted molar refractivity (Wildman–Crippen MR) is 66.3 cm³/mol. The van der Waals surface area contributed by atoms with Crippen molar-refractivity contribution in [3.8, 4) is 6.07 Å². The van der Waals surface area contributed by atoms with E-state index in [2.05, 4.69) is 6.07 Å². The minimum Gasteiger partial charge on any atom is -0.378 e. The quantitative estimate of drug-likeness (QED) is 0.857. The van der Waals surface area contributed by atoms with Gasteiger partial charge in [0.05, 0.1) is 12.0 Å². The minimum atomic E-state index is -1.12. The topological polar surface area (TPSA) is 64.3 Å². The summed E-state index contributed by atoms with van der Waals surface area (Å²) in [6, 6.07) is 11.1. The second-order valence-corrected chi connectivity index (χ2v) is 4.57. The number of benzene rings is 1. The highest BCUT2D eigenvalue weighted by molar-refractivity contribution is 5.82. The van der Waals surface area contributed by atoms with Crippen molar-refractivity contribution in [2.24, 2.45) is 5.92 Å². The molecule has 0 saturated carbocycles. The average molecular weight is 244 g/mol. The number of hydrogen-bond donors (Lipinski definition) is 1. The van der Waals surface area contributed by atoms with E-state index in [0.717, 1.165) is 12.8 Å². The van der Waals surface area contributed by atoms with Gasteiger partial charge in [0.2, 0.25) is 0 Å². The van der Waals surface area contributed by atoms with E-state index >= 15 is 0 Å². The first-order valence-electron chi connectivity index (χ1n) is 6.14. The molecule has 4 heteroatoms. The van der Waals surface area contributed by atoms with Crippen molar-refractivity contribution in [3.05, 3.63) is 35.9 Å². The number of aliphatic hydroxyl groups is 1. The molecule has 2 rings (SSSR count). The van der Waals surface area contributed by atoms with Crippen molar-refractivity contribution in [2.45, 2.75) is 18.9 Å². The maximum absolute atomic E-state index is 12.1. The van der Waals surface area contributed by atoms with Crippen molar-refractivity contribution >= 4 is 5.91 Å². The van der Waals surface area contributed by atoms with Gasteiger partial charge in [-0.05, 0) is 18.4 Å². The number of rotatable bonds is 2. The van der Waals surface area contributed by atoms with Crippen LogP contribution in [0.3, 0.4) is 0 Å². The molecule has 0 spiro atoms. The molecule has 0 aromatic heterocycles. The van der Waals surface area contributed by atoms with Crippen LogP contribution in [0.5, 0.6) is 0 Å². The van der Waals surface area contributed by atoms with Gasteiger partial charge < -0.3 is 10.0 Å². The standard InChI is InChI=1S/C14H16N2O2/c15-9-11-5-4-8-16(10-11)14(18)13(17)12-6-2-1-3-7-12/h1-3,6-7,11,13,17H,4-5,8,10H2. The third kappa shape index (κ3) is 2.69. The highest BCUT2D eigenvalue weighted by atomic mass is 16.3. The van der Waals surface area contributed by atoms with Crippen LogP contribution in [0.4, 0.5) is 0 Å². The molecule has 18 heavy (non-hydrogen) atoms. The van der Waals surface area contributed by atoms with Gasteiger partial charge in [-0.1, -0.05) is 30.3 Å². The molecule has 1 aromatic rings. The third-order valence-electron chi connectivity index (χ3n) is 3.26. The fraction of sp³-hybridized carbons (Fsp3) is 0.429. The minimum absolute atomic E-state index is 0.106. The number of likely N-dealkylation sites (tertiary alicyclic amines) is 1. The summed E-state index contributed by atoms with van der Waals surface area (Å²) in [6.07, 6.45) is 0.538. The number of carbonyl (C=O) groups excluding carboxylic acids is 1. The maximum atomic E-state index is 12.1. The van der Waals surface area contributed by atoms with Crippen LogP contribution in [0.2, 0.25) is 0 Å². The Morgan fingerprint density at radius 1 is 1.44 bits per heavy atom. The number of nitriles is 1. The number of nitrogens with zero attached hydrogens (tertiary/aromatic N) is 2. The van der Waals surface area contributed by atoms with Gasteiger partial charge in [0.25, 0.3) is 5.91 Å². The van der Waals surface area contributed by atoms with Crippen LogP contribution < -0.4 is 0 Å². The lowest BCUT2D eigenvalue weighted by atomic mass is 9.98. The zero-order valence-corrected chi connectivity index (χ0v) is 10.1. The summed E-state index contributed by atoms with van der Waals surface area (Å²) in [5, 5.41) is 18.9. The molecular weight excluding hydrogens is 228 g/mol. The highest BCUT2D eigenvalue weighted by Crippen LogP contribution is 2.21. The summed E-state index contributed by atoms with van der Waals surface area (Å²) in [5.74, 6) is -0.410. The highest BCUT2D eigenvalue weighted by Gasteiger charge is 2.28. The molecule has 1 amide bonds. The van der Waals surface area contributed by atoms with Crippen molar-refractivity contribution < 1.29 is 9.90 Å². The Bertz CT molecular complexity index is 453. The summed E-state index contributed by atoms with van der Waals surface area (Å²) in [4.78, 5) is 13.7. The zero-order chi connectivity index (χ0) is 13.0. The van der Waals surface area contributed by atoms with Gasteiger partial charge in [0.1, 0.15) is 0 Å². The Hall–Kier alpha value is -1.86. The average Bonchev–Trinajstić information content (AvgIpc) is 2.46. The maximum Gasteiger partial charge on any atom is 0.256 e. The molecule has 2 unspecified atom stereocenters. The molecule has 0 aliphatic carbocycles. The molecule has 1 saturated heterocycles. The van der Waals surface area contributed by atoms with Crippen LogP contribution in [0.15, 0.2) is 30.3 Å². The van der Waals surface area contributed by atoms with E-state index in [1.807, 2.05) is 6.07 Å². The number of hydrogen-bond acceptors (Lipinski definition) is 3. The van der Waals surface area contributed by atoms with E-state index in [4.69, 9.17) is 5.26 Å². The fourth-order valence-electron chi connectivity index (χ4n) is 2.23. The first-order chi connectivity index (χ1) is 8.72.